The number of carbonyl (C=O) groups is 3. The van der Waals surface area contributed by atoms with Crippen molar-refractivity contribution in [2.45, 2.75) is 39.7 Å². The van der Waals surface area contributed by atoms with E-state index in [1.54, 1.807) is 19.1 Å². The van der Waals surface area contributed by atoms with Crippen LogP contribution in [0.5, 0.6) is 5.75 Å². The summed E-state index contributed by atoms with van der Waals surface area (Å²) in [7, 11) is 0. The van der Waals surface area contributed by atoms with E-state index in [1.165, 1.54) is 12.1 Å². The van der Waals surface area contributed by atoms with Gasteiger partial charge in [-0.1, -0.05) is 27.2 Å². The molecule has 0 saturated heterocycles. The fourth-order valence-electron chi connectivity index (χ4n) is 2.88. The number of aryl methyl sites for hydroxylation is 1. The van der Waals surface area contributed by atoms with Crippen LogP contribution in [-0.4, -0.2) is 42.1 Å². The van der Waals surface area contributed by atoms with Crippen LogP contribution in [0.15, 0.2) is 33.5 Å². The molecule has 0 radical (unpaired) electrons. The van der Waals surface area contributed by atoms with Gasteiger partial charge in [-0.3, -0.25) is 9.59 Å². The lowest BCUT2D eigenvalue weighted by molar-refractivity contribution is -0.143. The lowest BCUT2D eigenvalue weighted by Crippen LogP contribution is -2.48. The number of hydrogen-bond acceptors (Lipinski definition) is 6. The number of rotatable bonds is 10. The summed E-state index contributed by atoms with van der Waals surface area (Å²) in [4.78, 5) is 46.7. The Morgan fingerprint density at radius 3 is 2.53 bits per heavy atom. The van der Waals surface area contributed by atoms with Gasteiger partial charge in [-0.15, -0.1) is 0 Å². The smallest absolute Gasteiger partial charge is 0.336 e. The lowest BCUT2D eigenvalue weighted by Gasteiger charge is -2.20. The molecule has 9 nitrogen and oxygen atoms in total. The third-order valence-corrected chi connectivity index (χ3v) is 4.79. The second-order valence-corrected chi connectivity index (χ2v) is 6.94. The number of carboxylic acids is 1. The highest BCUT2D eigenvalue weighted by molar-refractivity contribution is 5.88. The Bertz CT molecular complexity index is 983. The van der Waals surface area contributed by atoms with Gasteiger partial charge in [-0.2, -0.15) is 0 Å². The summed E-state index contributed by atoms with van der Waals surface area (Å²) in [5.74, 6) is -2.19. The lowest BCUT2D eigenvalue weighted by atomic mass is 9.99. The van der Waals surface area contributed by atoms with E-state index in [0.717, 1.165) is 10.9 Å². The molecule has 0 fully saturated rings. The number of fused-ring (bicyclic) bond motifs is 1. The largest absolute Gasteiger partial charge is 0.484 e. The maximum absolute atomic E-state index is 11.9. The fourth-order valence-corrected chi connectivity index (χ4v) is 2.88. The molecule has 1 aromatic heterocycles. The summed E-state index contributed by atoms with van der Waals surface area (Å²) in [6.07, 6.45) is 1.26. The van der Waals surface area contributed by atoms with E-state index in [-0.39, 0.29) is 19.1 Å². The molecule has 30 heavy (non-hydrogen) atoms. The molecule has 2 aromatic rings. The predicted octanol–water partition coefficient (Wildman–Crippen LogP) is 1.47. The van der Waals surface area contributed by atoms with E-state index in [4.69, 9.17) is 9.15 Å². The summed E-state index contributed by atoms with van der Waals surface area (Å²) in [6.45, 7) is 4.76. The topological polar surface area (TPSA) is 135 Å². The molecule has 0 saturated carbocycles. The average Bonchev–Trinajstić information content (AvgIpc) is 2.72. The SMILES string of the molecule is CCc1cc(=O)oc2cc(OCC(=O)NCC(=O)NC(C(=O)O)C(C)CC)ccc12. The second-order valence-electron chi connectivity index (χ2n) is 6.94. The monoisotopic (exact) mass is 418 g/mol. The van der Waals surface area contributed by atoms with E-state index in [9.17, 15) is 24.3 Å². The predicted molar refractivity (Wildman–Crippen MR) is 109 cm³/mol. The minimum atomic E-state index is -1.12. The number of carbonyl (C=O) groups excluding carboxylic acids is 2. The minimum Gasteiger partial charge on any atom is -0.484 e. The zero-order chi connectivity index (χ0) is 22.3. The van der Waals surface area contributed by atoms with Crippen LogP contribution in [0.25, 0.3) is 11.0 Å². The second kappa shape index (κ2) is 10.4. The van der Waals surface area contributed by atoms with Crippen LogP contribution < -0.4 is 21.0 Å². The summed E-state index contributed by atoms with van der Waals surface area (Å²) in [5, 5.41) is 14.8. The fraction of sp³-hybridized carbons (Fsp3) is 0.429. The molecule has 0 aliphatic rings. The molecule has 9 heteroatoms. The van der Waals surface area contributed by atoms with Gasteiger partial charge >= 0.3 is 11.6 Å². The number of benzene rings is 1. The van der Waals surface area contributed by atoms with Gasteiger partial charge in [0.15, 0.2) is 6.61 Å². The first-order valence-corrected chi connectivity index (χ1v) is 9.73. The summed E-state index contributed by atoms with van der Waals surface area (Å²) in [6, 6.07) is 5.36. The van der Waals surface area contributed by atoms with Gasteiger partial charge in [0.1, 0.15) is 17.4 Å². The highest BCUT2D eigenvalue weighted by Gasteiger charge is 2.25. The summed E-state index contributed by atoms with van der Waals surface area (Å²) >= 11 is 0. The standard InChI is InChI=1S/C21H26N2O7/c1-4-12(3)20(21(27)28)23-17(24)10-22-18(25)11-29-14-6-7-15-13(5-2)8-19(26)30-16(15)9-14/h6-9,12,20H,4-5,10-11H2,1-3H3,(H,22,25)(H,23,24)(H,27,28). The third-order valence-electron chi connectivity index (χ3n) is 4.79. The van der Waals surface area contributed by atoms with Gasteiger partial charge in [0.05, 0.1) is 6.54 Å². The van der Waals surface area contributed by atoms with Crippen LogP contribution in [0.2, 0.25) is 0 Å². The average molecular weight is 418 g/mol. The van der Waals surface area contributed by atoms with Crippen molar-refractivity contribution in [3.63, 3.8) is 0 Å². The quantitative estimate of drug-likeness (QED) is 0.497. The number of amides is 2. The maximum Gasteiger partial charge on any atom is 0.336 e. The molecule has 162 valence electrons. The zero-order valence-corrected chi connectivity index (χ0v) is 17.2. The molecular weight excluding hydrogens is 392 g/mol. The molecule has 0 aliphatic carbocycles. The molecule has 2 amide bonds. The maximum atomic E-state index is 11.9. The molecule has 2 unspecified atom stereocenters. The first-order valence-electron chi connectivity index (χ1n) is 9.73. The van der Waals surface area contributed by atoms with Gasteiger partial charge in [0.25, 0.3) is 5.91 Å². The molecule has 0 bridgehead atoms. The number of hydrogen-bond donors (Lipinski definition) is 3. The van der Waals surface area contributed by atoms with Crippen molar-refractivity contribution in [1.29, 1.82) is 0 Å². The first-order chi connectivity index (χ1) is 14.2. The van der Waals surface area contributed by atoms with Gasteiger partial charge in [-0.25, -0.2) is 9.59 Å². The van der Waals surface area contributed by atoms with Crippen molar-refractivity contribution in [1.82, 2.24) is 10.6 Å². The molecule has 1 aromatic carbocycles. The van der Waals surface area contributed by atoms with E-state index >= 15 is 0 Å². The van der Waals surface area contributed by atoms with Crippen LogP contribution >= 0.6 is 0 Å². The number of ether oxygens (including phenoxy) is 1. The Hall–Kier alpha value is -3.36. The van der Waals surface area contributed by atoms with Crippen LogP contribution in [0.3, 0.4) is 0 Å². The third kappa shape index (κ3) is 6.07. The Morgan fingerprint density at radius 1 is 1.17 bits per heavy atom. The van der Waals surface area contributed by atoms with Crippen molar-refractivity contribution >= 4 is 28.8 Å². The highest BCUT2D eigenvalue weighted by atomic mass is 16.5. The first kappa shape index (κ1) is 22.9. The van der Waals surface area contributed by atoms with Gasteiger partial charge < -0.3 is 24.9 Å². The van der Waals surface area contributed by atoms with Crippen molar-refractivity contribution in [3.8, 4) is 5.75 Å². The van der Waals surface area contributed by atoms with Crippen molar-refractivity contribution in [3.05, 3.63) is 40.2 Å². The van der Waals surface area contributed by atoms with Crippen molar-refractivity contribution < 1.29 is 28.6 Å². The summed E-state index contributed by atoms with van der Waals surface area (Å²) < 4.78 is 10.6. The van der Waals surface area contributed by atoms with Crippen LogP contribution in [0, 0.1) is 5.92 Å². The normalized spacial score (nSPS) is 12.8. The van der Waals surface area contributed by atoms with E-state index in [2.05, 4.69) is 10.6 Å². The molecular formula is C21H26N2O7. The Kier molecular flexibility index (Phi) is 7.97. The van der Waals surface area contributed by atoms with E-state index < -0.39 is 29.5 Å². The number of carboxylic acid groups (broad SMARTS) is 1. The minimum absolute atomic E-state index is 0.244. The molecule has 2 rings (SSSR count). The van der Waals surface area contributed by atoms with Gasteiger partial charge in [0, 0.05) is 17.5 Å². The van der Waals surface area contributed by atoms with Crippen LogP contribution in [0.4, 0.5) is 0 Å². The Morgan fingerprint density at radius 2 is 1.90 bits per heavy atom. The van der Waals surface area contributed by atoms with Crippen LogP contribution in [-0.2, 0) is 20.8 Å². The van der Waals surface area contributed by atoms with Crippen molar-refractivity contribution in [2.75, 3.05) is 13.2 Å². The Balaban J connectivity index is 1.89. The highest BCUT2D eigenvalue weighted by Crippen LogP contribution is 2.23. The number of aliphatic carboxylic acids is 1. The summed E-state index contributed by atoms with van der Waals surface area (Å²) in [5.41, 5.74) is 0.757. The number of nitrogens with one attached hydrogen (secondary N) is 2. The molecule has 2 atom stereocenters. The molecule has 3 N–H and O–H groups in total. The zero-order valence-electron chi connectivity index (χ0n) is 17.2. The molecule has 0 aliphatic heterocycles. The van der Waals surface area contributed by atoms with Crippen LogP contribution in [0.1, 0.15) is 32.8 Å². The van der Waals surface area contributed by atoms with E-state index in [0.29, 0.717) is 24.2 Å². The Labute approximate surface area is 173 Å². The van der Waals surface area contributed by atoms with Gasteiger partial charge in [-0.05, 0) is 30.0 Å². The molecule has 1 heterocycles. The van der Waals surface area contributed by atoms with E-state index in [1.807, 2.05) is 13.8 Å². The van der Waals surface area contributed by atoms with Gasteiger partial charge in [0.2, 0.25) is 5.91 Å². The molecule has 0 spiro atoms. The van der Waals surface area contributed by atoms with Crippen molar-refractivity contribution in [2.24, 2.45) is 5.92 Å².